The molecule has 3 aromatic rings. The van der Waals surface area contributed by atoms with Crippen molar-refractivity contribution in [3.8, 4) is 0 Å². The maximum Gasteiger partial charge on any atom is 0.0454 e. The summed E-state index contributed by atoms with van der Waals surface area (Å²) in [6.07, 6.45) is 3.03. The highest BCUT2D eigenvalue weighted by atomic mass is 79.9. The first kappa shape index (κ1) is 14.4. The number of hydrogen-bond donors (Lipinski definition) is 2. The number of aromatic nitrogens is 1. The molecule has 3 rings (SSSR count). The van der Waals surface area contributed by atoms with Gasteiger partial charge >= 0.3 is 0 Å². The Labute approximate surface area is 133 Å². The molecule has 1 atom stereocenters. The van der Waals surface area contributed by atoms with Crippen LogP contribution in [-0.4, -0.2) is 11.0 Å². The van der Waals surface area contributed by atoms with E-state index in [4.69, 9.17) is 0 Å². The third kappa shape index (κ3) is 3.74. The number of benzene rings is 2. The average molecular weight is 343 g/mol. The van der Waals surface area contributed by atoms with Gasteiger partial charge in [0, 0.05) is 28.8 Å². The molecule has 108 valence electrons. The summed E-state index contributed by atoms with van der Waals surface area (Å²) in [5.74, 6) is 0. The van der Waals surface area contributed by atoms with E-state index in [9.17, 15) is 0 Å². The van der Waals surface area contributed by atoms with Crippen LogP contribution in [0.5, 0.6) is 0 Å². The molecule has 0 bridgehead atoms. The summed E-state index contributed by atoms with van der Waals surface area (Å²) >= 11 is 3.47. The van der Waals surface area contributed by atoms with Gasteiger partial charge in [-0.1, -0.05) is 34.1 Å². The first-order valence-electron chi connectivity index (χ1n) is 7.24. The van der Waals surface area contributed by atoms with Gasteiger partial charge in [-0.15, -0.1) is 0 Å². The average Bonchev–Trinajstić information content (AvgIpc) is 2.95. The van der Waals surface area contributed by atoms with Crippen LogP contribution >= 0.6 is 15.9 Å². The fourth-order valence-electron chi connectivity index (χ4n) is 2.55. The minimum atomic E-state index is 0.452. The SMILES string of the molecule is CC(Cc1ccc(Br)cc1)NCc1ccc2[nH]ccc2c1. The van der Waals surface area contributed by atoms with Gasteiger partial charge in [0.2, 0.25) is 0 Å². The zero-order valence-electron chi connectivity index (χ0n) is 12.1. The third-order valence-electron chi connectivity index (χ3n) is 3.73. The molecule has 0 amide bonds. The zero-order chi connectivity index (χ0) is 14.7. The Hall–Kier alpha value is -1.58. The quantitative estimate of drug-likeness (QED) is 0.693. The Morgan fingerprint density at radius 1 is 1.05 bits per heavy atom. The van der Waals surface area contributed by atoms with Crippen molar-refractivity contribution in [2.24, 2.45) is 0 Å². The fraction of sp³-hybridized carbons (Fsp3) is 0.222. The molecule has 2 nitrogen and oxygen atoms in total. The monoisotopic (exact) mass is 342 g/mol. The van der Waals surface area contributed by atoms with Crippen molar-refractivity contribution < 1.29 is 0 Å². The molecular formula is C18H19BrN2. The largest absolute Gasteiger partial charge is 0.361 e. The maximum atomic E-state index is 3.60. The van der Waals surface area contributed by atoms with Crippen LogP contribution in [0, 0.1) is 0 Å². The van der Waals surface area contributed by atoms with Crippen LogP contribution in [0.3, 0.4) is 0 Å². The van der Waals surface area contributed by atoms with E-state index < -0.39 is 0 Å². The lowest BCUT2D eigenvalue weighted by atomic mass is 10.1. The highest BCUT2D eigenvalue weighted by molar-refractivity contribution is 9.10. The standard InChI is InChI=1S/C18H19BrN2/c1-13(10-14-2-5-17(19)6-3-14)21-12-15-4-7-18-16(11-15)8-9-20-18/h2-9,11,13,20-21H,10,12H2,1H3. The van der Waals surface area contributed by atoms with Gasteiger partial charge in [0.15, 0.2) is 0 Å². The van der Waals surface area contributed by atoms with E-state index in [1.165, 1.54) is 22.0 Å². The van der Waals surface area contributed by atoms with Gasteiger partial charge in [0.1, 0.15) is 0 Å². The van der Waals surface area contributed by atoms with Crippen LogP contribution < -0.4 is 5.32 Å². The summed E-state index contributed by atoms with van der Waals surface area (Å²) in [6.45, 7) is 3.13. The molecule has 0 fully saturated rings. The van der Waals surface area contributed by atoms with Crippen molar-refractivity contribution in [2.75, 3.05) is 0 Å². The van der Waals surface area contributed by atoms with Crippen LogP contribution in [-0.2, 0) is 13.0 Å². The number of hydrogen-bond acceptors (Lipinski definition) is 1. The lowest BCUT2D eigenvalue weighted by Gasteiger charge is -2.14. The minimum absolute atomic E-state index is 0.452. The van der Waals surface area contributed by atoms with Crippen LogP contribution in [0.15, 0.2) is 59.2 Å². The zero-order valence-corrected chi connectivity index (χ0v) is 13.7. The molecule has 1 aromatic heterocycles. The van der Waals surface area contributed by atoms with Gasteiger partial charge in [-0.25, -0.2) is 0 Å². The van der Waals surface area contributed by atoms with Gasteiger partial charge in [-0.05, 0) is 60.2 Å². The summed E-state index contributed by atoms with van der Waals surface area (Å²) < 4.78 is 1.13. The molecular weight excluding hydrogens is 324 g/mol. The van der Waals surface area contributed by atoms with Crippen LogP contribution in [0.2, 0.25) is 0 Å². The maximum absolute atomic E-state index is 3.60. The van der Waals surface area contributed by atoms with E-state index in [0.717, 1.165) is 17.4 Å². The topological polar surface area (TPSA) is 27.8 Å². The highest BCUT2D eigenvalue weighted by Gasteiger charge is 2.04. The summed E-state index contributed by atoms with van der Waals surface area (Å²) in [6, 6.07) is 17.7. The van der Waals surface area contributed by atoms with Crippen molar-refractivity contribution in [2.45, 2.75) is 25.9 Å². The lowest BCUT2D eigenvalue weighted by Crippen LogP contribution is -2.27. The summed E-state index contributed by atoms with van der Waals surface area (Å²) in [5.41, 5.74) is 3.88. The van der Waals surface area contributed by atoms with Crippen molar-refractivity contribution in [1.29, 1.82) is 0 Å². The number of rotatable bonds is 5. The smallest absolute Gasteiger partial charge is 0.0454 e. The summed E-state index contributed by atoms with van der Waals surface area (Å²) in [5, 5.41) is 4.87. The van der Waals surface area contributed by atoms with Crippen LogP contribution in [0.25, 0.3) is 10.9 Å². The molecule has 1 unspecified atom stereocenters. The molecule has 0 spiro atoms. The number of H-pyrrole nitrogens is 1. The third-order valence-corrected chi connectivity index (χ3v) is 4.26. The van der Waals surface area contributed by atoms with Gasteiger partial charge in [0.05, 0.1) is 0 Å². The van der Waals surface area contributed by atoms with E-state index in [0.29, 0.717) is 6.04 Å². The molecule has 0 aliphatic heterocycles. The molecule has 0 aliphatic rings. The molecule has 3 heteroatoms. The van der Waals surface area contributed by atoms with E-state index in [-0.39, 0.29) is 0 Å². The molecule has 0 saturated heterocycles. The summed E-state index contributed by atoms with van der Waals surface area (Å²) in [4.78, 5) is 3.22. The number of nitrogens with one attached hydrogen (secondary N) is 2. The Kier molecular flexibility index (Phi) is 4.42. The van der Waals surface area contributed by atoms with E-state index in [1.54, 1.807) is 0 Å². The van der Waals surface area contributed by atoms with Gasteiger partial charge < -0.3 is 10.3 Å². The second kappa shape index (κ2) is 6.46. The Morgan fingerprint density at radius 3 is 2.62 bits per heavy atom. The van der Waals surface area contributed by atoms with Gasteiger partial charge in [0.25, 0.3) is 0 Å². The molecule has 2 N–H and O–H groups in total. The van der Waals surface area contributed by atoms with E-state index in [1.807, 2.05) is 6.20 Å². The Bertz CT molecular complexity index is 715. The van der Waals surface area contributed by atoms with Crippen molar-refractivity contribution >= 4 is 26.8 Å². The Morgan fingerprint density at radius 2 is 1.81 bits per heavy atom. The minimum Gasteiger partial charge on any atom is -0.361 e. The molecule has 21 heavy (non-hydrogen) atoms. The number of fused-ring (bicyclic) bond motifs is 1. The Balaban J connectivity index is 1.57. The highest BCUT2D eigenvalue weighted by Crippen LogP contribution is 2.15. The molecule has 2 aromatic carbocycles. The van der Waals surface area contributed by atoms with E-state index in [2.05, 4.69) is 81.7 Å². The van der Waals surface area contributed by atoms with Crippen molar-refractivity contribution in [1.82, 2.24) is 10.3 Å². The summed E-state index contributed by atoms with van der Waals surface area (Å²) in [7, 11) is 0. The first-order valence-corrected chi connectivity index (χ1v) is 8.04. The van der Waals surface area contributed by atoms with Gasteiger partial charge in [-0.3, -0.25) is 0 Å². The number of halogens is 1. The van der Waals surface area contributed by atoms with Crippen molar-refractivity contribution in [3.63, 3.8) is 0 Å². The normalized spacial score (nSPS) is 12.7. The second-order valence-corrected chi connectivity index (χ2v) is 6.43. The fourth-order valence-corrected chi connectivity index (χ4v) is 2.82. The second-order valence-electron chi connectivity index (χ2n) is 5.51. The number of aromatic amines is 1. The van der Waals surface area contributed by atoms with Crippen LogP contribution in [0.4, 0.5) is 0 Å². The lowest BCUT2D eigenvalue weighted by molar-refractivity contribution is 0.545. The van der Waals surface area contributed by atoms with E-state index >= 15 is 0 Å². The van der Waals surface area contributed by atoms with Crippen LogP contribution in [0.1, 0.15) is 18.1 Å². The molecule has 0 aliphatic carbocycles. The predicted octanol–water partition coefficient (Wildman–Crippen LogP) is 4.65. The van der Waals surface area contributed by atoms with Crippen molar-refractivity contribution in [3.05, 3.63) is 70.3 Å². The predicted molar refractivity (Wildman–Crippen MR) is 92.4 cm³/mol. The van der Waals surface area contributed by atoms with Gasteiger partial charge in [-0.2, -0.15) is 0 Å². The first-order chi connectivity index (χ1) is 10.2. The molecule has 0 radical (unpaired) electrons. The molecule has 1 heterocycles. The molecule has 0 saturated carbocycles.